The van der Waals surface area contributed by atoms with Gasteiger partial charge in [-0.3, -0.25) is 9.59 Å². The van der Waals surface area contributed by atoms with E-state index in [1.807, 2.05) is 6.07 Å². The van der Waals surface area contributed by atoms with Gasteiger partial charge in [0.2, 0.25) is 0 Å². The van der Waals surface area contributed by atoms with Crippen LogP contribution in [-0.2, 0) is 0 Å². The summed E-state index contributed by atoms with van der Waals surface area (Å²) in [5, 5.41) is 8.45. The molecule has 7 heteroatoms. The lowest BCUT2D eigenvalue weighted by Crippen LogP contribution is -3.12. The van der Waals surface area contributed by atoms with Crippen molar-refractivity contribution in [2.24, 2.45) is 0 Å². The lowest BCUT2D eigenvalue weighted by molar-refractivity contribution is -0.897. The van der Waals surface area contributed by atoms with Crippen LogP contribution in [0.5, 0.6) is 5.75 Å². The molecule has 2 N–H and O–H groups in total. The normalized spacial score (nSPS) is 12.0. The zero-order chi connectivity index (χ0) is 22.2. The lowest BCUT2D eigenvalue weighted by Gasteiger charge is -2.17. The van der Waals surface area contributed by atoms with Crippen molar-refractivity contribution < 1.29 is 14.4 Å². The minimum absolute atomic E-state index is 0.248. The van der Waals surface area contributed by atoms with Gasteiger partial charge in [0.05, 0.1) is 44.4 Å². The molecule has 164 valence electrons. The summed E-state index contributed by atoms with van der Waals surface area (Å²) < 4.78 is 6.47. The predicted octanol–water partition coefficient (Wildman–Crippen LogP) is 1.83. The van der Waals surface area contributed by atoms with E-state index in [2.05, 4.69) is 24.3 Å². The van der Waals surface area contributed by atoms with Crippen molar-refractivity contribution in [2.45, 2.75) is 26.7 Å². The molecule has 0 aliphatic heterocycles. The third-order valence-electron chi connectivity index (χ3n) is 5.49. The fourth-order valence-corrected chi connectivity index (χ4v) is 3.60. The van der Waals surface area contributed by atoms with Gasteiger partial charge in [0.25, 0.3) is 11.5 Å². The van der Waals surface area contributed by atoms with Crippen molar-refractivity contribution in [2.75, 3.05) is 33.3 Å². The number of hydrogen-bond acceptors (Lipinski definition) is 4. The molecular formula is C24H31N4O3+. The topological polar surface area (TPSA) is 77.7 Å². The number of hydrogen-bond donors (Lipinski definition) is 2. The number of quaternary nitrogens is 1. The molecule has 7 nitrogen and oxygen atoms in total. The second-order valence-corrected chi connectivity index (χ2v) is 7.52. The molecule has 0 aliphatic rings. The summed E-state index contributed by atoms with van der Waals surface area (Å²) >= 11 is 0. The maximum Gasteiger partial charge on any atom is 0.279 e. The fraction of sp³-hybridized carbons (Fsp3) is 0.375. The first-order valence-electron chi connectivity index (χ1n) is 10.9. The molecule has 0 fully saturated rings. The number of unbranched alkanes of at least 4 members (excludes halogenated alkanes) is 1. The van der Waals surface area contributed by atoms with Crippen molar-refractivity contribution >= 4 is 16.7 Å². The Morgan fingerprint density at radius 3 is 2.42 bits per heavy atom. The molecule has 1 aromatic heterocycles. The number of benzene rings is 2. The van der Waals surface area contributed by atoms with E-state index in [1.165, 1.54) is 22.4 Å². The molecule has 3 aromatic rings. The van der Waals surface area contributed by atoms with E-state index in [9.17, 15) is 9.59 Å². The molecule has 0 spiro atoms. The van der Waals surface area contributed by atoms with E-state index in [1.54, 1.807) is 49.6 Å². The summed E-state index contributed by atoms with van der Waals surface area (Å²) in [6, 6.07) is 14.1. The van der Waals surface area contributed by atoms with Crippen LogP contribution in [0, 0.1) is 0 Å². The van der Waals surface area contributed by atoms with E-state index in [0.29, 0.717) is 28.8 Å². The maximum absolute atomic E-state index is 13.0. The van der Waals surface area contributed by atoms with Gasteiger partial charge in [-0.2, -0.15) is 9.78 Å². The van der Waals surface area contributed by atoms with Gasteiger partial charge in [-0.15, -0.1) is 0 Å². The summed E-state index contributed by atoms with van der Waals surface area (Å²) in [7, 11) is 1.58. The summed E-state index contributed by atoms with van der Waals surface area (Å²) in [6.07, 6.45) is 2.34. The average molecular weight is 424 g/mol. The van der Waals surface area contributed by atoms with E-state index < -0.39 is 0 Å². The highest BCUT2D eigenvalue weighted by Crippen LogP contribution is 2.17. The Balaban J connectivity index is 1.89. The molecular weight excluding hydrogens is 392 g/mol. The first kappa shape index (κ1) is 22.5. The SMILES string of the molecule is CCCC[NH+](CC)CCNC(=O)c1nn(-c2ccc(OC)cc2)c(=O)c2ccccc12. The smallest absolute Gasteiger partial charge is 0.279 e. The monoisotopic (exact) mass is 423 g/mol. The lowest BCUT2D eigenvalue weighted by atomic mass is 10.1. The van der Waals surface area contributed by atoms with Crippen molar-refractivity contribution in [3.63, 3.8) is 0 Å². The average Bonchev–Trinajstić information content (AvgIpc) is 2.81. The van der Waals surface area contributed by atoms with Gasteiger partial charge in [0.1, 0.15) is 5.75 Å². The number of methoxy groups -OCH3 is 1. The Morgan fingerprint density at radius 2 is 1.77 bits per heavy atom. The van der Waals surface area contributed by atoms with E-state index >= 15 is 0 Å². The largest absolute Gasteiger partial charge is 0.497 e. The third-order valence-corrected chi connectivity index (χ3v) is 5.49. The van der Waals surface area contributed by atoms with Crippen LogP contribution in [0.4, 0.5) is 0 Å². The Kier molecular flexibility index (Phi) is 7.78. The number of fused-ring (bicyclic) bond motifs is 1. The molecule has 0 bridgehead atoms. The van der Waals surface area contributed by atoms with Crippen molar-refractivity contribution in [3.05, 3.63) is 64.6 Å². The summed E-state index contributed by atoms with van der Waals surface area (Å²) in [6.45, 7) is 7.89. The molecule has 2 aromatic carbocycles. The second-order valence-electron chi connectivity index (χ2n) is 7.52. The van der Waals surface area contributed by atoms with Crippen LogP contribution in [-0.4, -0.2) is 49.0 Å². The van der Waals surface area contributed by atoms with Gasteiger partial charge in [0.15, 0.2) is 5.69 Å². The summed E-state index contributed by atoms with van der Waals surface area (Å²) in [5.41, 5.74) is 0.558. The molecule has 1 heterocycles. The van der Waals surface area contributed by atoms with Crippen LogP contribution in [0.15, 0.2) is 53.3 Å². The number of rotatable bonds is 10. The minimum atomic E-state index is -0.274. The van der Waals surface area contributed by atoms with Crippen molar-refractivity contribution in [3.8, 4) is 11.4 Å². The van der Waals surface area contributed by atoms with Gasteiger partial charge < -0.3 is 15.0 Å². The molecule has 0 radical (unpaired) electrons. The van der Waals surface area contributed by atoms with Crippen molar-refractivity contribution in [1.82, 2.24) is 15.1 Å². The Bertz CT molecular complexity index is 1080. The molecule has 0 saturated heterocycles. The Labute approximate surface area is 182 Å². The molecule has 3 rings (SSSR count). The second kappa shape index (κ2) is 10.7. The number of carbonyl (C=O) groups is 1. The Hall–Kier alpha value is -3.19. The van der Waals surface area contributed by atoms with Gasteiger partial charge in [-0.1, -0.05) is 31.5 Å². The zero-order valence-corrected chi connectivity index (χ0v) is 18.5. The summed E-state index contributed by atoms with van der Waals surface area (Å²) in [5.74, 6) is 0.408. The molecule has 0 aliphatic carbocycles. The van der Waals surface area contributed by atoms with Crippen LogP contribution in [0.3, 0.4) is 0 Å². The number of nitrogens with one attached hydrogen (secondary N) is 2. The predicted molar refractivity (Wildman–Crippen MR) is 122 cm³/mol. The first-order valence-corrected chi connectivity index (χ1v) is 10.9. The zero-order valence-electron chi connectivity index (χ0n) is 18.5. The highest BCUT2D eigenvalue weighted by atomic mass is 16.5. The number of ether oxygens (including phenoxy) is 1. The number of likely N-dealkylation sites (N-methyl/N-ethyl adjacent to an activating group) is 1. The van der Waals surface area contributed by atoms with E-state index in [4.69, 9.17) is 4.74 Å². The van der Waals surface area contributed by atoms with Gasteiger partial charge in [-0.05, 0) is 43.7 Å². The first-order chi connectivity index (χ1) is 15.1. The van der Waals surface area contributed by atoms with Gasteiger partial charge >= 0.3 is 0 Å². The number of amides is 1. The van der Waals surface area contributed by atoms with Gasteiger partial charge in [0, 0.05) is 5.39 Å². The highest BCUT2D eigenvalue weighted by Gasteiger charge is 2.18. The molecule has 1 unspecified atom stereocenters. The third kappa shape index (κ3) is 5.30. The number of nitrogens with zero attached hydrogens (tertiary/aromatic N) is 2. The maximum atomic E-state index is 13.0. The van der Waals surface area contributed by atoms with Crippen molar-refractivity contribution in [1.29, 1.82) is 0 Å². The minimum Gasteiger partial charge on any atom is -0.497 e. The van der Waals surface area contributed by atoms with Crippen LogP contribution >= 0.6 is 0 Å². The van der Waals surface area contributed by atoms with Crippen LogP contribution in [0.25, 0.3) is 16.5 Å². The number of carbonyl (C=O) groups excluding carboxylic acids is 1. The van der Waals surface area contributed by atoms with Gasteiger partial charge in [-0.25, -0.2) is 0 Å². The molecule has 0 saturated carbocycles. The van der Waals surface area contributed by atoms with Crippen LogP contribution in [0.1, 0.15) is 37.2 Å². The quantitative estimate of drug-likeness (QED) is 0.522. The molecule has 1 amide bonds. The molecule has 1 atom stereocenters. The highest BCUT2D eigenvalue weighted by molar-refractivity contribution is 6.04. The number of aromatic nitrogens is 2. The standard InChI is InChI=1S/C24H30N4O3/c1-4-6-16-27(5-2)17-15-25-23(29)22-20-9-7-8-10-21(20)24(30)28(26-22)18-11-13-19(31-3)14-12-18/h7-14H,4-6,15-17H2,1-3H3,(H,25,29)/p+1. The van der Waals surface area contributed by atoms with Crippen LogP contribution in [0.2, 0.25) is 0 Å². The van der Waals surface area contributed by atoms with E-state index in [0.717, 1.165) is 19.6 Å². The summed E-state index contributed by atoms with van der Waals surface area (Å²) in [4.78, 5) is 27.5. The van der Waals surface area contributed by atoms with Crippen LogP contribution < -0.4 is 20.5 Å². The van der Waals surface area contributed by atoms with E-state index in [-0.39, 0.29) is 17.2 Å². The Morgan fingerprint density at radius 1 is 1.06 bits per heavy atom. The molecule has 31 heavy (non-hydrogen) atoms. The fourth-order valence-electron chi connectivity index (χ4n) is 3.60.